The Bertz CT molecular complexity index is 419. The van der Waals surface area contributed by atoms with Crippen LogP contribution in [0.5, 0.6) is 5.75 Å². The molecular weight excluding hydrogens is 230 g/mol. The number of allylic oxidation sites excluding steroid dienone is 2. The summed E-state index contributed by atoms with van der Waals surface area (Å²) in [4.78, 5) is 10.1. The monoisotopic (exact) mass is 249 g/mol. The summed E-state index contributed by atoms with van der Waals surface area (Å²) in [5.41, 5.74) is 1.39. The zero-order chi connectivity index (χ0) is 13.5. The van der Waals surface area contributed by atoms with Crippen molar-refractivity contribution in [3.05, 3.63) is 46.0 Å². The molecule has 1 aromatic carbocycles. The summed E-state index contributed by atoms with van der Waals surface area (Å²) in [6.45, 7) is 6.14. The number of nitro groups is 1. The Balaban J connectivity index is 2.46. The van der Waals surface area contributed by atoms with E-state index in [2.05, 4.69) is 19.9 Å². The molecular formula is C14H19NO3. The number of benzene rings is 1. The van der Waals surface area contributed by atoms with Crippen LogP contribution in [0.3, 0.4) is 0 Å². The van der Waals surface area contributed by atoms with Crippen LogP contribution in [0.4, 0.5) is 5.69 Å². The summed E-state index contributed by atoms with van der Waals surface area (Å²) < 4.78 is 5.68. The van der Waals surface area contributed by atoms with Gasteiger partial charge in [0.2, 0.25) is 0 Å². The average molecular weight is 249 g/mol. The lowest BCUT2D eigenvalue weighted by Crippen LogP contribution is -2.11. The molecule has 18 heavy (non-hydrogen) atoms. The fraction of sp³-hybridized carbons (Fsp3) is 0.429. The molecule has 0 aliphatic carbocycles. The molecule has 1 aromatic rings. The Hall–Kier alpha value is -1.84. The molecule has 98 valence electrons. The lowest BCUT2D eigenvalue weighted by atomic mass is 10.2. The minimum atomic E-state index is -0.415. The third-order valence-corrected chi connectivity index (χ3v) is 2.51. The van der Waals surface area contributed by atoms with E-state index in [-0.39, 0.29) is 11.8 Å². The van der Waals surface area contributed by atoms with Crippen LogP contribution in [0.2, 0.25) is 0 Å². The number of non-ortho nitro benzene ring substituents is 1. The first-order valence-electron chi connectivity index (χ1n) is 6.03. The molecule has 0 saturated carbocycles. The minimum absolute atomic E-state index is 0.0829. The van der Waals surface area contributed by atoms with Crippen LogP contribution in [0.1, 0.15) is 33.6 Å². The van der Waals surface area contributed by atoms with E-state index >= 15 is 0 Å². The van der Waals surface area contributed by atoms with Crippen molar-refractivity contribution < 1.29 is 9.66 Å². The standard InChI is InChI=1S/C14H19NO3/c1-11(2)5-4-6-12(3)18-14-9-7-13(8-10-14)15(16)17/h5,7-10,12H,4,6H2,1-3H3. The lowest BCUT2D eigenvalue weighted by Gasteiger charge is -2.13. The SMILES string of the molecule is CC(C)=CCCC(C)Oc1ccc([N+](=O)[O-])cc1. The molecule has 1 rings (SSSR count). The van der Waals surface area contributed by atoms with Crippen LogP contribution in [0, 0.1) is 10.1 Å². The van der Waals surface area contributed by atoms with Gasteiger partial charge in [-0.05, 0) is 45.7 Å². The summed E-state index contributed by atoms with van der Waals surface area (Å²) in [6.07, 6.45) is 4.19. The van der Waals surface area contributed by atoms with Gasteiger partial charge in [-0.3, -0.25) is 10.1 Å². The first-order valence-corrected chi connectivity index (χ1v) is 6.03. The normalized spacial score (nSPS) is 11.7. The van der Waals surface area contributed by atoms with Gasteiger partial charge in [-0.15, -0.1) is 0 Å². The van der Waals surface area contributed by atoms with E-state index in [1.54, 1.807) is 12.1 Å². The molecule has 0 saturated heterocycles. The van der Waals surface area contributed by atoms with Gasteiger partial charge in [0.1, 0.15) is 5.75 Å². The molecule has 0 bridgehead atoms. The van der Waals surface area contributed by atoms with Crippen molar-refractivity contribution in [1.82, 2.24) is 0 Å². The second-order valence-electron chi connectivity index (χ2n) is 4.54. The molecule has 0 radical (unpaired) electrons. The smallest absolute Gasteiger partial charge is 0.269 e. The second-order valence-corrected chi connectivity index (χ2v) is 4.54. The van der Waals surface area contributed by atoms with E-state index in [4.69, 9.17) is 4.74 Å². The highest BCUT2D eigenvalue weighted by molar-refractivity contribution is 5.36. The summed E-state index contributed by atoms with van der Waals surface area (Å²) in [5.74, 6) is 0.672. The van der Waals surface area contributed by atoms with E-state index in [9.17, 15) is 10.1 Å². The molecule has 0 spiro atoms. The van der Waals surface area contributed by atoms with Crippen molar-refractivity contribution in [2.24, 2.45) is 0 Å². The average Bonchev–Trinajstić information content (AvgIpc) is 2.29. The molecule has 4 heteroatoms. The van der Waals surface area contributed by atoms with Crippen molar-refractivity contribution in [2.45, 2.75) is 39.7 Å². The van der Waals surface area contributed by atoms with Crippen LogP contribution in [0.15, 0.2) is 35.9 Å². The predicted octanol–water partition coefficient (Wildman–Crippen LogP) is 4.11. The van der Waals surface area contributed by atoms with Gasteiger partial charge in [0.05, 0.1) is 11.0 Å². The fourth-order valence-corrected chi connectivity index (χ4v) is 1.54. The molecule has 1 atom stereocenters. The Morgan fingerprint density at radius 2 is 2.00 bits per heavy atom. The molecule has 0 aliphatic rings. The van der Waals surface area contributed by atoms with Gasteiger partial charge >= 0.3 is 0 Å². The van der Waals surface area contributed by atoms with Gasteiger partial charge in [0, 0.05) is 12.1 Å². The van der Waals surface area contributed by atoms with Crippen LogP contribution in [0.25, 0.3) is 0 Å². The first kappa shape index (κ1) is 14.2. The van der Waals surface area contributed by atoms with Crippen molar-refractivity contribution in [2.75, 3.05) is 0 Å². The number of hydrogen-bond acceptors (Lipinski definition) is 3. The van der Waals surface area contributed by atoms with Crippen molar-refractivity contribution in [3.63, 3.8) is 0 Å². The topological polar surface area (TPSA) is 52.4 Å². The van der Waals surface area contributed by atoms with Gasteiger partial charge in [-0.25, -0.2) is 0 Å². The van der Waals surface area contributed by atoms with Crippen LogP contribution < -0.4 is 4.74 Å². The maximum absolute atomic E-state index is 10.5. The molecule has 4 nitrogen and oxygen atoms in total. The third-order valence-electron chi connectivity index (χ3n) is 2.51. The quantitative estimate of drug-likeness (QED) is 0.433. The summed E-state index contributed by atoms with van der Waals surface area (Å²) in [5, 5.41) is 10.5. The molecule has 0 aliphatic heterocycles. The number of rotatable bonds is 6. The predicted molar refractivity (Wildman–Crippen MR) is 71.9 cm³/mol. The third kappa shape index (κ3) is 4.99. The largest absolute Gasteiger partial charge is 0.491 e. The first-order chi connectivity index (χ1) is 8.49. The molecule has 0 amide bonds. The Morgan fingerprint density at radius 3 is 2.50 bits per heavy atom. The van der Waals surface area contributed by atoms with Crippen molar-refractivity contribution >= 4 is 5.69 Å². The zero-order valence-electron chi connectivity index (χ0n) is 11.1. The Labute approximate surface area is 107 Å². The van der Waals surface area contributed by atoms with E-state index in [0.29, 0.717) is 5.75 Å². The van der Waals surface area contributed by atoms with E-state index in [1.165, 1.54) is 17.7 Å². The summed E-state index contributed by atoms with van der Waals surface area (Å²) in [7, 11) is 0. The minimum Gasteiger partial charge on any atom is -0.491 e. The van der Waals surface area contributed by atoms with Crippen LogP contribution in [-0.2, 0) is 0 Å². The molecule has 0 N–H and O–H groups in total. The molecule has 1 unspecified atom stereocenters. The van der Waals surface area contributed by atoms with E-state index in [1.807, 2.05) is 6.92 Å². The summed E-state index contributed by atoms with van der Waals surface area (Å²) >= 11 is 0. The summed E-state index contributed by atoms with van der Waals surface area (Å²) in [6, 6.07) is 6.18. The fourth-order valence-electron chi connectivity index (χ4n) is 1.54. The van der Waals surface area contributed by atoms with Gasteiger partial charge in [-0.1, -0.05) is 11.6 Å². The number of nitro benzene ring substituents is 1. The van der Waals surface area contributed by atoms with Crippen LogP contribution >= 0.6 is 0 Å². The highest BCUT2D eigenvalue weighted by Crippen LogP contribution is 2.19. The molecule has 0 aromatic heterocycles. The Morgan fingerprint density at radius 1 is 1.39 bits per heavy atom. The number of ether oxygens (including phenoxy) is 1. The maximum Gasteiger partial charge on any atom is 0.269 e. The van der Waals surface area contributed by atoms with E-state index in [0.717, 1.165) is 12.8 Å². The Kier molecular flexibility index (Phi) is 5.36. The number of nitrogens with zero attached hydrogens (tertiary/aromatic N) is 1. The highest BCUT2D eigenvalue weighted by atomic mass is 16.6. The van der Waals surface area contributed by atoms with Crippen molar-refractivity contribution in [1.29, 1.82) is 0 Å². The zero-order valence-corrected chi connectivity index (χ0v) is 11.1. The lowest BCUT2D eigenvalue weighted by molar-refractivity contribution is -0.384. The van der Waals surface area contributed by atoms with Crippen molar-refractivity contribution in [3.8, 4) is 5.75 Å². The maximum atomic E-state index is 10.5. The van der Waals surface area contributed by atoms with Gasteiger partial charge in [0.15, 0.2) is 0 Å². The number of hydrogen-bond donors (Lipinski definition) is 0. The van der Waals surface area contributed by atoms with Gasteiger partial charge < -0.3 is 4.74 Å². The van der Waals surface area contributed by atoms with Crippen LogP contribution in [-0.4, -0.2) is 11.0 Å². The second kappa shape index (κ2) is 6.79. The molecule has 0 fully saturated rings. The highest BCUT2D eigenvalue weighted by Gasteiger charge is 2.07. The molecule has 0 heterocycles. The van der Waals surface area contributed by atoms with Gasteiger partial charge in [0.25, 0.3) is 5.69 Å². The van der Waals surface area contributed by atoms with E-state index < -0.39 is 4.92 Å². The van der Waals surface area contributed by atoms with Gasteiger partial charge in [-0.2, -0.15) is 0 Å².